The summed E-state index contributed by atoms with van der Waals surface area (Å²) in [5, 5.41) is 10.0. The third-order valence-corrected chi connectivity index (χ3v) is 4.09. The summed E-state index contributed by atoms with van der Waals surface area (Å²) in [4.78, 5) is 25.3. The summed E-state index contributed by atoms with van der Waals surface area (Å²) in [5.74, 6) is 1.58. The summed E-state index contributed by atoms with van der Waals surface area (Å²) in [6.45, 7) is 4.82. The van der Waals surface area contributed by atoms with Gasteiger partial charge >= 0.3 is 5.69 Å². The van der Waals surface area contributed by atoms with Gasteiger partial charge in [0.2, 0.25) is 0 Å². The molecule has 1 aromatic rings. The van der Waals surface area contributed by atoms with E-state index in [9.17, 15) is 19.3 Å². The summed E-state index contributed by atoms with van der Waals surface area (Å²) in [5.41, 5.74) is -0.731. The van der Waals surface area contributed by atoms with E-state index in [4.69, 9.17) is 4.74 Å². The molecule has 0 aromatic carbocycles. The first kappa shape index (κ1) is 15.9. The predicted molar refractivity (Wildman–Crippen MR) is 79.2 cm³/mol. The lowest BCUT2D eigenvalue weighted by molar-refractivity contribution is -0.0281. The van der Waals surface area contributed by atoms with Gasteiger partial charge < -0.3 is 14.4 Å². The molecule has 0 spiro atoms. The van der Waals surface area contributed by atoms with Crippen molar-refractivity contribution in [1.29, 1.82) is 0 Å². The van der Waals surface area contributed by atoms with Crippen LogP contribution in [-0.4, -0.2) is 40.2 Å². The SMILES string of the molecule is Cc1cn([C@@H]2O[C@H](/C=C/P(C)(C)=O)C[C@@H]2O)c(=O)[nH]c1=O. The molecule has 2 heterocycles. The molecule has 1 fully saturated rings. The number of aliphatic hydroxyl groups is 1. The Morgan fingerprint density at radius 2 is 2.14 bits per heavy atom. The van der Waals surface area contributed by atoms with Crippen LogP contribution in [0.5, 0.6) is 0 Å². The van der Waals surface area contributed by atoms with Gasteiger partial charge in [-0.25, -0.2) is 4.79 Å². The highest BCUT2D eigenvalue weighted by atomic mass is 31.2. The Morgan fingerprint density at radius 1 is 1.48 bits per heavy atom. The van der Waals surface area contributed by atoms with Gasteiger partial charge in [0.15, 0.2) is 6.23 Å². The van der Waals surface area contributed by atoms with Crippen molar-refractivity contribution in [2.45, 2.75) is 31.8 Å². The molecule has 2 N–H and O–H groups in total. The van der Waals surface area contributed by atoms with Crippen molar-refractivity contribution >= 4 is 7.14 Å². The summed E-state index contributed by atoms with van der Waals surface area (Å²) in [7, 11) is -2.31. The highest BCUT2D eigenvalue weighted by molar-refractivity contribution is 7.65. The minimum Gasteiger partial charge on any atom is -0.388 e. The van der Waals surface area contributed by atoms with E-state index in [1.54, 1.807) is 32.1 Å². The lowest BCUT2D eigenvalue weighted by atomic mass is 10.2. The second kappa shape index (κ2) is 5.75. The minimum absolute atomic E-state index is 0.297. The first-order chi connectivity index (χ1) is 9.67. The van der Waals surface area contributed by atoms with Gasteiger partial charge in [-0.1, -0.05) is 6.08 Å². The zero-order chi connectivity index (χ0) is 15.8. The Kier molecular flexibility index (Phi) is 4.37. The van der Waals surface area contributed by atoms with Crippen molar-refractivity contribution in [3.8, 4) is 0 Å². The van der Waals surface area contributed by atoms with E-state index in [1.165, 1.54) is 10.8 Å². The predicted octanol–water partition coefficient (Wildman–Crippen LogP) is 0.630. The van der Waals surface area contributed by atoms with Gasteiger partial charge in [0.1, 0.15) is 13.2 Å². The number of aliphatic hydroxyl groups excluding tert-OH is 1. The van der Waals surface area contributed by atoms with Crippen molar-refractivity contribution in [2.24, 2.45) is 0 Å². The molecule has 8 heteroatoms. The second-order valence-corrected chi connectivity index (χ2v) is 8.79. The Labute approximate surface area is 121 Å². The number of rotatable bonds is 3. The fourth-order valence-corrected chi connectivity index (χ4v) is 2.74. The molecule has 7 nitrogen and oxygen atoms in total. The van der Waals surface area contributed by atoms with E-state index < -0.39 is 36.8 Å². The molecule has 0 bridgehead atoms. The molecule has 3 atom stereocenters. The number of nitrogens with zero attached hydrogens (tertiary/aromatic N) is 1. The molecule has 0 amide bonds. The molecule has 0 unspecified atom stereocenters. The maximum Gasteiger partial charge on any atom is 0.330 e. The van der Waals surface area contributed by atoms with E-state index in [-0.39, 0.29) is 0 Å². The van der Waals surface area contributed by atoms with Gasteiger partial charge in [0, 0.05) is 18.2 Å². The molecular weight excluding hydrogens is 295 g/mol. The maximum atomic E-state index is 11.8. The molecular formula is C13H19N2O5P. The normalized spacial score (nSPS) is 26.6. The van der Waals surface area contributed by atoms with Crippen LogP contribution in [0.4, 0.5) is 0 Å². The third-order valence-electron chi connectivity index (χ3n) is 3.20. The van der Waals surface area contributed by atoms with E-state index in [2.05, 4.69) is 4.98 Å². The number of H-pyrrole nitrogens is 1. The van der Waals surface area contributed by atoms with Crippen molar-refractivity contribution in [3.05, 3.63) is 44.5 Å². The number of hydrogen-bond acceptors (Lipinski definition) is 5. The Balaban J connectivity index is 2.25. The molecule has 1 aliphatic heterocycles. The smallest absolute Gasteiger partial charge is 0.330 e. The van der Waals surface area contributed by atoms with Gasteiger partial charge in [-0.2, -0.15) is 0 Å². The number of hydrogen-bond donors (Lipinski definition) is 2. The quantitative estimate of drug-likeness (QED) is 0.797. The first-order valence-electron chi connectivity index (χ1n) is 6.57. The molecule has 2 rings (SSSR count). The van der Waals surface area contributed by atoms with Gasteiger partial charge in [-0.3, -0.25) is 14.3 Å². The zero-order valence-electron chi connectivity index (χ0n) is 12.1. The average molecular weight is 314 g/mol. The molecule has 1 saturated heterocycles. The van der Waals surface area contributed by atoms with Gasteiger partial charge in [-0.15, -0.1) is 0 Å². The topological polar surface area (TPSA) is 101 Å². The molecule has 0 radical (unpaired) electrons. The van der Waals surface area contributed by atoms with Gasteiger partial charge in [0.05, 0.1) is 6.10 Å². The van der Waals surface area contributed by atoms with Crippen LogP contribution in [0.15, 0.2) is 27.7 Å². The van der Waals surface area contributed by atoms with Crippen LogP contribution >= 0.6 is 7.14 Å². The van der Waals surface area contributed by atoms with E-state index in [0.29, 0.717) is 12.0 Å². The van der Waals surface area contributed by atoms with Crippen LogP contribution in [0, 0.1) is 6.92 Å². The highest BCUT2D eigenvalue weighted by Gasteiger charge is 2.34. The third kappa shape index (κ3) is 3.81. The molecule has 1 aromatic heterocycles. The number of aryl methyl sites for hydroxylation is 1. The second-order valence-electron chi connectivity index (χ2n) is 5.62. The number of nitrogens with one attached hydrogen (secondary N) is 1. The van der Waals surface area contributed by atoms with Crippen LogP contribution in [0.3, 0.4) is 0 Å². The fraction of sp³-hybridized carbons (Fsp3) is 0.538. The minimum atomic E-state index is -2.31. The molecule has 21 heavy (non-hydrogen) atoms. The first-order valence-corrected chi connectivity index (χ1v) is 9.24. The Bertz CT molecular complexity index is 714. The van der Waals surface area contributed by atoms with E-state index >= 15 is 0 Å². The summed E-state index contributed by atoms with van der Waals surface area (Å²) in [6, 6.07) is 0. The number of aromatic nitrogens is 2. The zero-order valence-corrected chi connectivity index (χ0v) is 13.0. The van der Waals surface area contributed by atoms with Gasteiger partial charge in [-0.05, 0) is 26.1 Å². The van der Waals surface area contributed by atoms with Crippen LogP contribution < -0.4 is 11.2 Å². The van der Waals surface area contributed by atoms with Crippen molar-refractivity contribution < 1.29 is 14.4 Å². The molecule has 0 saturated carbocycles. The fourth-order valence-electron chi connectivity index (χ4n) is 2.13. The largest absolute Gasteiger partial charge is 0.388 e. The highest BCUT2D eigenvalue weighted by Crippen LogP contribution is 2.39. The number of ether oxygens (including phenoxy) is 1. The maximum absolute atomic E-state index is 11.8. The Morgan fingerprint density at radius 3 is 2.76 bits per heavy atom. The van der Waals surface area contributed by atoms with Crippen LogP contribution in [0.1, 0.15) is 18.2 Å². The van der Waals surface area contributed by atoms with E-state index in [0.717, 1.165) is 0 Å². The van der Waals surface area contributed by atoms with E-state index in [1.807, 2.05) is 0 Å². The molecule has 116 valence electrons. The lowest BCUT2D eigenvalue weighted by Crippen LogP contribution is -2.36. The van der Waals surface area contributed by atoms with Crippen molar-refractivity contribution in [1.82, 2.24) is 9.55 Å². The Hall–Kier alpha value is -1.43. The number of aromatic amines is 1. The van der Waals surface area contributed by atoms with Crippen LogP contribution in [0.2, 0.25) is 0 Å². The van der Waals surface area contributed by atoms with Crippen LogP contribution in [-0.2, 0) is 9.30 Å². The molecule has 1 aliphatic rings. The van der Waals surface area contributed by atoms with Crippen LogP contribution in [0.25, 0.3) is 0 Å². The summed E-state index contributed by atoms with van der Waals surface area (Å²) >= 11 is 0. The molecule has 0 aliphatic carbocycles. The summed E-state index contributed by atoms with van der Waals surface area (Å²) in [6.07, 6.45) is 1.15. The monoisotopic (exact) mass is 314 g/mol. The van der Waals surface area contributed by atoms with Crippen molar-refractivity contribution in [3.63, 3.8) is 0 Å². The summed E-state index contributed by atoms with van der Waals surface area (Å²) < 4.78 is 18.4. The standard InChI is InChI=1S/C13H19N2O5P/c1-8-7-15(13(18)14-11(8)17)12-10(16)6-9(20-12)4-5-21(2,3)19/h4-5,7,9-10,12,16H,6H2,1-3H3,(H,14,17,18)/b5-4+/t9-,10+,12-/m1/s1. The van der Waals surface area contributed by atoms with Crippen molar-refractivity contribution in [2.75, 3.05) is 13.3 Å². The lowest BCUT2D eigenvalue weighted by Gasteiger charge is -2.17. The van der Waals surface area contributed by atoms with Gasteiger partial charge in [0.25, 0.3) is 5.56 Å². The average Bonchev–Trinajstić information content (AvgIpc) is 2.72.